The molecule has 44 valence electrons. The fourth-order valence-electron chi connectivity index (χ4n) is 0.666. The first kappa shape index (κ1) is 6.12. The predicted octanol–water partition coefficient (Wildman–Crippen LogP) is 1.90. The first-order valence-corrected chi connectivity index (χ1v) is 4.78. The summed E-state index contributed by atoms with van der Waals surface area (Å²) < 4.78 is 1.65. The number of rotatable bonds is 1. The molecule has 0 unspecified atom stereocenters. The van der Waals surface area contributed by atoms with Crippen LogP contribution in [-0.4, -0.2) is 15.0 Å². The fourth-order valence-corrected chi connectivity index (χ4v) is 2.22. The van der Waals surface area contributed by atoms with Gasteiger partial charge in [0.15, 0.2) is 0 Å². The summed E-state index contributed by atoms with van der Waals surface area (Å²) in [5.74, 6) is 0. The van der Waals surface area contributed by atoms with Gasteiger partial charge in [0.1, 0.15) is 0 Å². The molecule has 0 aromatic rings. The predicted molar refractivity (Wildman–Crippen MR) is 37.9 cm³/mol. The van der Waals surface area contributed by atoms with Crippen LogP contribution in [0.5, 0.6) is 0 Å². The van der Waals surface area contributed by atoms with Gasteiger partial charge in [0.25, 0.3) is 0 Å². The Hall–Kier alpha value is -0.000519. The quantitative estimate of drug-likeness (QED) is 0.531. The minimum atomic E-state index is 0.701. The Labute approximate surface area is 56.8 Å². The molecule has 0 aromatic carbocycles. The number of allylic oxidation sites excluding steroid dienone is 3. The summed E-state index contributed by atoms with van der Waals surface area (Å²) in [6.45, 7) is 2.23. The van der Waals surface area contributed by atoms with E-state index in [9.17, 15) is 0 Å². The van der Waals surface area contributed by atoms with Crippen LogP contribution in [0.2, 0.25) is 0 Å². The van der Waals surface area contributed by atoms with Crippen LogP contribution in [0.4, 0.5) is 0 Å². The van der Waals surface area contributed by atoms with Crippen molar-refractivity contribution in [1.82, 2.24) is 0 Å². The van der Waals surface area contributed by atoms with Crippen LogP contribution in [0.25, 0.3) is 0 Å². The monoisotopic (exact) mass is 174 g/mol. The van der Waals surface area contributed by atoms with E-state index in [1.54, 1.807) is 4.47 Å². The van der Waals surface area contributed by atoms with Gasteiger partial charge in [0.2, 0.25) is 0 Å². The maximum atomic E-state index is 2.35. The van der Waals surface area contributed by atoms with Crippen molar-refractivity contribution in [2.45, 2.75) is 19.8 Å². The Kier molecular flexibility index (Phi) is 2.38. The maximum absolute atomic E-state index is 2.35. The second kappa shape index (κ2) is 3.11. The van der Waals surface area contributed by atoms with Gasteiger partial charge in [0.05, 0.1) is 0 Å². The summed E-state index contributed by atoms with van der Waals surface area (Å²) in [5.41, 5.74) is 0. The summed E-state index contributed by atoms with van der Waals surface area (Å²) in [4.78, 5) is 2.31. The van der Waals surface area contributed by atoms with Gasteiger partial charge in [-0.05, 0) is 0 Å². The summed E-state index contributed by atoms with van der Waals surface area (Å²) >= 11 is 0.701. The van der Waals surface area contributed by atoms with E-state index < -0.39 is 0 Å². The van der Waals surface area contributed by atoms with E-state index in [4.69, 9.17) is 0 Å². The molecule has 1 heteroatoms. The van der Waals surface area contributed by atoms with Crippen LogP contribution >= 0.6 is 0 Å². The van der Waals surface area contributed by atoms with E-state index in [0.717, 1.165) is 0 Å². The molecular formula is C7H10Se. The van der Waals surface area contributed by atoms with Gasteiger partial charge in [-0.3, -0.25) is 0 Å². The molecule has 0 bridgehead atoms. The van der Waals surface area contributed by atoms with Crippen LogP contribution in [0, 0.1) is 0 Å². The molecule has 0 radical (unpaired) electrons. The second-order valence-corrected chi connectivity index (χ2v) is 3.92. The first-order valence-electron chi connectivity index (χ1n) is 2.94. The van der Waals surface area contributed by atoms with E-state index in [2.05, 4.69) is 24.1 Å². The Morgan fingerprint density at radius 2 is 2.62 bits per heavy atom. The normalized spacial score (nSPS) is 18.4. The molecule has 0 spiro atoms. The average Bonchev–Trinajstić information content (AvgIpc) is 1.90. The molecule has 1 aliphatic heterocycles. The van der Waals surface area contributed by atoms with Crippen molar-refractivity contribution in [3.63, 3.8) is 0 Å². The van der Waals surface area contributed by atoms with Crippen LogP contribution in [0.1, 0.15) is 19.8 Å². The van der Waals surface area contributed by atoms with Gasteiger partial charge in [0, 0.05) is 0 Å². The number of hydrogen-bond donors (Lipinski definition) is 0. The van der Waals surface area contributed by atoms with Crippen molar-refractivity contribution in [2.75, 3.05) is 0 Å². The topological polar surface area (TPSA) is 0 Å². The zero-order chi connectivity index (χ0) is 5.82. The third-order valence-electron chi connectivity index (χ3n) is 1.15. The van der Waals surface area contributed by atoms with Gasteiger partial charge >= 0.3 is 56.3 Å². The fraction of sp³-hybridized carbons (Fsp3) is 0.429. The Bertz CT molecular complexity index is 122. The molecule has 0 amide bonds. The third kappa shape index (κ3) is 1.50. The van der Waals surface area contributed by atoms with Crippen molar-refractivity contribution in [3.05, 3.63) is 21.6 Å². The van der Waals surface area contributed by atoms with E-state index in [0.29, 0.717) is 15.0 Å². The zero-order valence-corrected chi connectivity index (χ0v) is 6.77. The molecule has 0 aliphatic carbocycles. The van der Waals surface area contributed by atoms with Crippen LogP contribution in [0.3, 0.4) is 0 Å². The molecule has 0 fully saturated rings. The molecule has 0 atom stereocenters. The SMILES string of the molecule is CCC1=CCC=C[Se]1. The van der Waals surface area contributed by atoms with Gasteiger partial charge < -0.3 is 0 Å². The van der Waals surface area contributed by atoms with Crippen LogP contribution in [-0.2, 0) is 0 Å². The molecule has 0 N–H and O–H groups in total. The minimum absolute atomic E-state index is 0.701. The third-order valence-corrected chi connectivity index (χ3v) is 3.43. The van der Waals surface area contributed by atoms with E-state index >= 15 is 0 Å². The molecule has 0 nitrogen and oxygen atoms in total. The van der Waals surface area contributed by atoms with Crippen molar-refractivity contribution in [1.29, 1.82) is 0 Å². The van der Waals surface area contributed by atoms with Gasteiger partial charge in [-0.1, -0.05) is 0 Å². The van der Waals surface area contributed by atoms with Crippen molar-refractivity contribution in [2.24, 2.45) is 0 Å². The summed E-state index contributed by atoms with van der Waals surface area (Å²) in [7, 11) is 0. The van der Waals surface area contributed by atoms with Gasteiger partial charge in [-0.2, -0.15) is 0 Å². The van der Waals surface area contributed by atoms with Crippen molar-refractivity contribution < 1.29 is 0 Å². The van der Waals surface area contributed by atoms with Crippen LogP contribution in [0.15, 0.2) is 21.6 Å². The molecule has 0 aromatic heterocycles. The molecular weight excluding hydrogens is 163 g/mol. The summed E-state index contributed by atoms with van der Waals surface area (Å²) in [6, 6.07) is 0. The standard InChI is InChI=1S/C7H10Se/c1-2-7-5-3-4-6-8-7/h4-6H,2-3H2,1H3. The van der Waals surface area contributed by atoms with Crippen molar-refractivity contribution >= 4 is 15.0 Å². The Morgan fingerprint density at radius 1 is 1.75 bits per heavy atom. The van der Waals surface area contributed by atoms with Gasteiger partial charge in [-0.25, -0.2) is 0 Å². The van der Waals surface area contributed by atoms with Crippen molar-refractivity contribution in [3.8, 4) is 0 Å². The molecule has 1 heterocycles. The average molecular weight is 173 g/mol. The van der Waals surface area contributed by atoms with E-state index in [1.165, 1.54) is 12.8 Å². The summed E-state index contributed by atoms with van der Waals surface area (Å²) in [6.07, 6.45) is 7.02. The van der Waals surface area contributed by atoms with Crippen LogP contribution < -0.4 is 0 Å². The first-order chi connectivity index (χ1) is 3.93. The molecule has 1 rings (SSSR count). The molecule has 1 aliphatic rings. The molecule has 0 saturated heterocycles. The zero-order valence-electron chi connectivity index (χ0n) is 5.05. The second-order valence-electron chi connectivity index (χ2n) is 1.75. The molecule has 0 saturated carbocycles. The van der Waals surface area contributed by atoms with Gasteiger partial charge in [-0.15, -0.1) is 0 Å². The van der Waals surface area contributed by atoms with E-state index in [1.807, 2.05) is 0 Å². The molecule has 8 heavy (non-hydrogen) atoms. The Balaban J connectivity index is 2.43. The number of hydrogen-bond acceptors (Lipinski definition) is 0. The van der Waals surface area contributed by atoms with E-state index in [-0.39, 0.29) is 0 Å². The Morgan fingerprint density at radius 3 is 3.00 bits per heavy atom. The summed E-state index contributed by atoms with van der Waals surface area (Å²) in [5, 5.41) is 0.